The van der Waals surface area contributed by atoms with Gasteiger partial charge in [-0.25, -0.2) is 0 Å². The van der Waals surface area contributed by atoms with E-state index in [1.807, 2.05) is 6.07 Å². The average Bonchev–Trinajstić information content (AvgIpc) is 2.46. The van der Waals surface area contributed by atoms with E-state index in [2.05, 4.69) is 49.7 Å². The maximum atomic E-state index is 6.04. The molecule has 1 fully saturated rings. The first kappa shape index (κ1) is 14.1. The topological polar surface area (TPSA) is 18.5 Å². The molecule has 0 aliphatic carbocycles. The molecule has 1 heterocycles. The highest BCUT2D eigenvalue weighted by Gasteiger charge is 2.32. The van der Waals surface area contributed by atoms with Gasteiger partial charge < -0.3 is 9.47 Å². The summed E-state index contributed by atoms with van der Waals surface area (Å²) in [5, 5.41) is 2.22. The van der Waals surface area contributed by atoms with Crippen LogP contribution >= 0.6 is 0 Å². The normalized spacial score (nSPS) is 19.6. The van der Waals surface area contributed by atoms with Gasteiger partial charge in [0.05, 0.1) is 6.61 Å². The Labute approximate surface area is 116 Å². The highest BCUT2D eigenvalue weighted by atomic mass is 28.3. The number of hydrogen-bond acceptors (Lipinski definition) is 2. The van der Waals surface area contributed by atoms with Crippen molar-refractivity contribution in [3.8, 4) is 0 Å². The summed E-state index contributed by atoms with van der Waals surface area (Å²) in [5.74, 6) is 0. The van der Waals surface area contributed by atoms with Crippen LogP contribution in [0.25, 0.3) is 0 Å². The van der Waals surface area contributed by atoms with Crippen LogP contribution in [0.15, 0.2) is 48.0 Å². The van der Waals surface area contributed by atoms with E-state index in [4.69, 9.17) is 9.47 Å². The Hall–Kier alpha value is -1.28. The third kappa shape index (κ3) is 3.38. The van der Waals surface area contributed by atoms with E-state index in [0.29, 0.717) is 0 Å². The molecule has 1 aliphatic heterocycles. The summed E-state index contributed by atoms with van der Waals surface area (Å²) in [6, 6.07) is 10.5. The van der Waals surface area contributed by atoms with Crippen molar-refractivity contribution in [2.75, 3.05) is 6.61 Å². The molecule has 0 saturated carbocycles. The van der Waals surface area contributed by atoms with Crippen LogP contribution in [0, 0.1) is 0 Å². The van der Waals surface area contributed by atoms with Crippen LogP contribution in [0.5, 0.6) is 0 Å². The van der Waals surface area contributed by atoms with Gasteiger partial charge in [0.25, 0.3) is 0 Å². The molecule has 1 aromatic rings. The van der Waals surface area contributed by atoms with Gasteiger partial charge in [0.2, 0.25) is 0 Å². The molecule has 1 saturated heterocycles. The van der Waals surface area contributed by atoms with Gasteiger partial charge in [0.1, 0.15) is 5.38 Å². The monoisotopic (exact) mass is 274 g/mol. The number of benzene rings is 1. The SMILES string of the molecule is C=C=C(OC1CCCCO1)[Si](C)(C)c1ccccc1. The maximum Gasteiger partial charge on any atom is 0.199 e. The highest BCUT2D eigenvalue weighted by Crippen LogP contribution is 2.22. The van der Waals surface area contributed by atoms with Gasteiger partial charge in [-0.15, -0.1) is 0 Å². The van der Waals surface area contributed by atoms with Crippen molar-refractivity contribution in [1.82, 2.24) is 0 Å². The average molecular weight is 274 g/mol. The highest BCUT2D eigenvalue weighted by molar-refractivity contribution is 6.95. The van der Waals surface area contributed by atoms with Crippen molar-refractivity contribution in [3.05, 3.63) is 48.0 Å². The lowest BCUT2D eigenvalue weighted by Gasteiger charge is -2.30. The van der Waals surface area contributed by atoms with Crippen LogP contribution in [0.1, 0.15) is 19.3 Å². The van der Waals surface area contributed by atoms with E-state index in [9.17, 15) is 0 Å². The van der Waals surface area contributed by atoms with Crippen LogP contribution < -0.4 is 5.19 Å². The predicted octanol–water partition coefficient (Wildman–Crippen LogP) is 3.35. The van der Waals surface area contributed by atoms with Crippen LogP contribution in [-0.4, -0.2) is 21.0 Å². The van der Waals surface area contributed by atoms with Gasteiger partial charge in [0, 0.05) is 6.42 Å². The zero-order valence-corrected chi connectivity index (χ0v) is 12.8. The molecule has 0 N–H and O–H groups in total. The molecule has 19 heavy (non-hydrogen) atoms. The van der Waals surface area contributed by atoms with Crippen molar-refractivity contribution in [2.24, 2.45) is 0 Å². The largest absolute Gasteiger partial charge is 0.466 e. The lowest BCUT2D eigenvalue weighted by Crippen LogP contribution is -2.45. The fraction of sp³-hybridized carbons (Fsp3) is 0.438. The molecule has 2 rings (SSSR count). The third-order valence-electron chi connectivity index (χ3n) is 3.61. The smallest absolute Gasteiger partial charge is 0.199 e. The van der Waals surface area contributed by atoms with Gasteiger partial charge in [-0.05, 0) is 12.8 Å². The number of rotatable bonds is 4. The lowest BCUT2D eigenvalue weighted by atomic mass is 10.2. The summed E-state index contributed by atoms with van der Waals surface area (Å²) >= 11 is 0. The quantitative estimate of drug-likeness (QED) is 0.476. The van der Waals surface area contributed by atoms with Gasteiger partial charge >= 0.3 is 0 Å². The van der Waals surface area contributed by atoms with Crippen LogP contribution in [-0.2, 0) is 9.47 Å². The molecule has 1 unspecified atom stereocenters. The minimum Gasteiger partial charge on any atom is -0.466 e. The summed E-state index contributed by atoms with van der Waals surface area (Å²) in [6.45, 7) is 9.13. The molecule has 1 aliphatic rings. The summed E-state index contributed by atoms with van der Waals surface area (Å²) in [7, 11) is -1.85. The molecule has 102 valence electrons. The Balaban J connectivity index is 2.14. The second kappa shape index (κ2) is 6.24. The van der Waals surface area contributed by atoms with Crippen molar-refractivity contribution >= 4 is 13.3 Å². The molecule has 0 amide bonds. The molecule has 0 bridgehead atoms. The van der Waals surface area contributed by atoms with Crippen LogP contribution in [0.4, 0.5) is 0 Å². The first-order valence-electron chi connectivity index (χ1n) is 6.89. The van der Waals surface area contributed by atoms with E-state index in [0.717, 1.165) is 24.8 Å². The lowest BCUT2D eigenvalue weighted by molar-refractivity contribution is -0.133. The van der Waals surface area contributed by atoms with E-state index < -0.39 is 8.07 Å². The minimum atomic E-state index is -1.85. The van der Waals surface area contributed by atoms with Crippen molar-refractivity contribution in [2.45, 2.75) is 38.6 Å². The number of hydrogen-bond donors (Lipinski definition) is 0. The van der Waals surface area contributed by atoms with Crippen molar-refractivity contribution in [3.63, 3.8) is 0 Å². The number of ether oxygens (including phenoxy) is 2. The molecular formula is C16H22O2Si. The third-order valence-corrected chi connectivity index (χ3v) is 6.82. The zero-order valence-electron chi connectivity index (χ0n) is 11.8. The van der Waals surface area contributed by atoms with E-state index >= 15 is 0 Å². The molecule has 3 heteroatoms. The van der Waals surface area contributed by atoms with E-state index in [1.54, 1.807) is 0 Å². The summed E-state index contributed by atoms with van der Waals surface area (Å²) < 4.78 is 11.7. The molecule has 0 radical (unpaired) electrons. The minimum absolute atomic E-state index is 0.117. The predicted molar refractivity (Wildman–Crippen MR) is 80.9 cm³/mol. The second-order valence-corrected chi connectivity index (χ2v) is 9.69. The Kier molecular flexibility index (Phi) is 4.64. The van der Waals surface area contributed by atoms with Gasteiger partial charge in [-0.3, -0.25) is 0 Å². The van der Waals surface area contributed by atoms with Gasteiger partial charge in [-0.1, -0.05) is 60.9 Å². The second-order valence-electron chi connectivity index (χ2n) is 5.41. The Morgan fingerprint density at radius 3 is 2.63 bits per heavy atom. The molecule has 1 atom stereocenters. The van der Waals surface area contributed by atoms with Gasteiger partial charge in [-0.2, -0.15) is 0 Å². The molecular weight excluding hydrogens is 252 g/mol. The molecule has 1 aromatic carbocycles. The summed E-state index contributed by atoms with van der Waals surface area (Å²) in [4.78, 5) is 0. The Bertz CT molecular complexity index is 455. The Morgan fingerprint density at radius 2 is 2.05 bits per heavy atom. The van der Waals surface area contributed by atoms with E-state index in [-0.39, 0.29) is 6.29 Å². The standard InChI is InChI=1S/C16H22O2Si/c1-4-16(18-15-12-8-9-13-17-15)19(2,3)14-10-6-5-7-11-14/h5-7,10-11,15H,1,8-9,12-13H2,2-3H3. The summed E-state index contributed by atoms with van der Waals surface area (Å²) in [6.07, 6.45) is 3.15. The molecule has 2 nitrogen and oxygen atoms in total. The zero-order chi connectivity index (χ0) is 13.7. The first-order chi connectivity index (χ1) is 9.14. The molecule has 0 aromatic heterocycles. The maximum absolute atomic E-state index is 6.04. The van der Waals surface area contributed by atoms with Crippen LogP contribution in [0.3, 0.4) is 0 Å². The van der Waals surface area contributed by atoms with Crippen molar-refractivity contribution in [1.29, 1.82) is 0 Å². The van der Waals surface area contributed by atoms with Gasteiger partial charge in [0.15, 0.2) is 14.4 Å². The summed E-state index contributed by atoms with van der Waals surface area (Å²) in [5.41, 5.74) is 3.01. The van der Waals surface area contributed by atoms with Crippen molar-refractivity contribution < 1.29 is 9.47 Å². The molecule has 0 spiro atoms. The van der Waals surface area contributed by atoms with Crippen LogP contribution in [0.2, 0.25) is 13.1 Å². The van der Waals surface area contributed by atoms with E-state index in [1.165, 1.54) is 11.6 Å². The first-order valence-corrected chi connectivity index (χ1v) is 9.89. The Morgan fingerprint density at radius 1 is 1.32 bits per heavy atom. The fourth-order valence-electron chi connectivity index (χ4n) is 2.33. The fourth-order valence-corrected chi connectivity index (χ4v) is 4.49.